The van der Waals surface area contributed by atoms with Crippen LogP contribution in [0.2, 0.25) is 5.02 Å². The molecule has 7 heteroatoms. The van der Waals surface area contributed by atoms with Crippen LogP contribution in [0.5, 0.6) is 0 Å². The van der Waals surface area contributed by atoms with Gasteiger partial charge in [-0.3, -0.25) is 10.1 Å². The van der Waals surface area contributed by atoms with Crippen molar-refractivity contribution in [3.05, 3.63) is 53.1 Å². The van der Waals surface area contributed by atoms with Gasteiger partial charge in [-0.15, -0.1) is 5.10 Å². The third-order valence-electron chi connectivity index (χ3n) is 3.96. The zero-order valence-corrected chi connectivity index (χ0v) is 13.6. The van der Waals surface area contributed by atoms with Crippen molar-refractivity contribution in [2.75, 3.05) is 10.6 Å². The zero-order valence-electron chi connectivity index (χ0n) is 12.9. The van der Waals surface area contributed by atoms with E-state index in [2.05, 4.69) is 20.7 Å². The molecule has 2 aromatic heterocycles. The predicted molar refractivity (Wildman–Crippen MR) is 93.1 cm³/mol. The van der Waals surface area contributed by atoms with E-state index < -0.39 is 0 Å². The van der Waals surface area contributed by atoms with Gasteiger partial charge in [0.25, 0.3) is 0 Å². The van der Waals surface area contributed by atoms with Crippen LogP contribution in [0.1, 0.15) is 18.4 Å². The minimum atomic E-state index is -0.00326. The number of amides is 1. The Morgan fingerprint density at radius 3 is 2.83 bits per heavy atom. The highest BCUT2D eigenvalue weighted by Crippen LogP contribution is 2.29. The van der Waals surface area contributed by atoms with Crippen molar-refractivity contribution in [2.24, 2.45) is 5.92 Å². The average Bonchev–Trinajstić information content (AvgIpc) is 3.35. The van der Waals surface area contributed by atoms with E-state index in [4.69, 9.17) is 11.6 Å². The minimum absolute atomic E-state index is 0.00326. The molecule has 0 radical (unpaired) electrons. The molecule has 6 nitrogen and oxygen atoms in total. The van der Waals surface area contributed by atoms with Crippen LogP contribution in [-0.4, -0.2) is 20.5 Å². The van der Waals surface area contributed by atoms with Crippen LogP contribution in [0, 0.1) is 5.92 Å². The SMILES string of the molecule is O=C(Nc1nc2cccc(NCc3ccccc3Cl)n2n1)C1CC1. The molecule has 0 spiro atoms. The third-order valence-corrected chi connectivity index (χ3v) is 4.33. The first-order valence-electron chi connectivity index (χ1n) is 7.84. The quantitative estimate of drug-likeness (QED) is 0.746. The maximum atomic E-state index is 11.9. The van der Waals surface area contributed by atoms with Gasteiger partial charge < -0.3 is 5.32 Å². The molecule has 0 bridgehead atoms. The summed E-state index contributed by atoms with van der Waals surface area (Å²) in [7, 11) is 0. The maximum absolute atomic E-state index is 11.9. The Bertz CT molecular complexity index is 903. The van der Waals surface area contributed by atoms with E-state index in [-0.39, 0.29) is 11.8 Å². The normalized spacial score (nSPS) is 13.9. The molecule has 4 rings (SSSR count). The summed E-state index contributed by atoms with van der Waals surface area (Å²) in [5.74, 6) is 1.23. The lowest BCUT2D eigenvalue weighted by atomic mass is 10.2. The topological polar surface area (TPSA) is 71.3 Å². The third kappa shape index (κ3) is 3.05. The molecule has 0 aliphatic heterocycles. The lowest BCUT2D eigenvalue weighted by Crippen LogP contribution is -2.14. The van der Waals surface area contributed by atoms with Crippen LogP contribution in [0.25, 0.3) is 5.65 Å². The van der Waals surface area contributed by atoms with Gasteiger partial charge in [-0.2, -0.15) is 9.50 Å². The lowest BCUT2D eigenvalue weighted by Gasteiger charge is -2.09. The lowest BCUT2D eigenvalue weighted by molar-refractivity contribution is -0.117. The molecule has 1 aliphatic rings. The molecule has 3 aromatic rings. The molecule has 24 heavy (non-hydrogen) atoms. The number of aromatic nitrogens is 3. The van der Waals surface area contributed by atoms with Gasteiger partial charge in [0.05, 0.1) is 0 Å². The summed E-state index contributed by atoms with van der Waals surface area (Å²) >= 11 is 6.18. The molecule has 1 aromatic carbocycles. The van der Waals surface area contributed by atoms with E-state index in [9.17, 15) is 4.79 Å². The van der Waals surface area contributed by atoms with Gasteiger partial charge in [-0.1, -0.05) is 35.9 Å². The van der Waals surface area contributed by atoms with Crippen molar-refractivity contribution in [3.63, 3.8) is 0 Å². The molecule has 2 heterocycles. The molecule has 1 amide bonds. The van der Waals surface area contributed by atoms with Crippen LogP contribution in [0.3, 0.4) is 0 Å². The van der Waals surface area contributed by atoms with E-state index in [1.165, 1.54) is 0 Å². The summed E-state index contributed by atoms with van der Waals surface area (Å²) in [6, 6.07) is 13.3. The zero-order chi connectivity index (χ0) is 16.5. The number of fused-ring (bicyclic) bond motifs is 1. The largest absolute Gasteiger partial charge is 0.366 e. The number of rotatable bonds is 5. The van der Waals surface area contributed by atoms with Crippen molar-refractivity contribution in [1.82, 2.24) is 14.6 Å². The number of anilines is 2. The van der Waals surface area contributed by atoms with E-state index >= 15 is 0 Å². The van der Waals surface area contributed by atoms with Gasteiger partial charge >= 0.3 is 0 Å². The van der Waals surface area contributed by atoms with Crippen molar-refractivity contribution < 1.29 is 4.79 Å². The van der Waals surface area contributed by atoms with Crippen molar-refractivity contribution >= 4 is 34.9 Å². The second kappa shape index (κ2) is 6.13. The number of pyridine rings is 1. The fourth-order valence-electron chi connectivity index (χ4n) is 2.48. The molecule has 1 fully saturated rings. The Hall–Kier alpha value is -2.60. The highest BCUT2D eigenvalue weighted by atomic mass is 35.5. The molecule has 2 N–H and O–H groups in total. The highest BCUT2D eigenvalue weighted by Gasteiger charge is 2.30. The monoisotopic (exact) mass is 341 g/mol. The summed E-state index contributed by atoms with van der Waals surface area (Å²) in [5.41, 5.74) is 1.67. The van der Waals surface area contributed by atoms with Gasteiger partial charge in [0.15, 0.2) is 5.65 Å². The Morgan fingerprint density at radius 1 is 1.21 bits per heavy atom. The number of carbonyl (C=O) groups excluding carboxylic acids is 1. The smallest absolute Gasteiger partial charge is 0.249 e. The molecule has 1 saturated carbocycles. The van der Waals surface area contributed by atoms with Crippen LogP contribution in [0.15, 0.2) is 42.5 Å². The van der Waals surface area contributed by atoms with E-state index in [1.807, 2.05) is 42.5 Å². The van der Waals surface area contributed by atoms with Crippen LogP contribution >= 0.6 is 11.6 Å². The van der Waals surface area contributed by atoms with Gasteiger partial charge in [0, 0.05) is 17.5 Å². The minimum Gasteiger partial charge on any atom is -0.366 e. The summed E-state index contributed by atoms with van der Waals surface area (Å²) in [4.78, 5) is 16.2. The fourth-order valence-corrected chi connectivity index (χ4v) is 2.68. The first kappa shape index (κ1) is 15.0. The van der Waals surface area contributed by atoms with E-state index in [1.54, 1.807) is 4.52 Å². The molecule has 0 saturated heterocycles. The van der Waals surface area contributed by atoms with Gasteiger partial charge in [-0.25, -0.2) is 0 Å². The van der Waals surface area contributed by atoms with Crippen molar-refractivity contribution in [3.8, 4) is 0 Å². The first-order valence-corrected chi connectivity index (χ1v) is 8.22. The summed E-state index contributed by atoms with van der Waals surface area (Å²) in [6.07, 6.45) is 1.90. The number of nitrogens with zero attached hydrogens (tertiary/aromatic N) is 3. The summed E-state index contributed by atoms with van der Waals surface area (Å²) in [5, 5.41) is 11.2. The fraction of sp³-hybridized carbons (Fsp3) is 0.235. The Balaban J connectivity index is 1.55. The first-order chi connectivity index (χ1) is 11.7. The number of hydrogen-bond donors (Lipinski definition) is 2. The van der Waals surface area contributed by atoms with Crippen molar-refractivity contribution in [1.29, 1.82) is 0 Å². The van der Waals surface area contributed by atoms with E-state index in [0.717, 1.165) is 24.2 Å². The Labute approximate surface area is 143 Å². The Morgan fingerprint density at radius 2 is 2.04 bits per heavy atom. The number of hydrogen-bond acceptors (Lipinski definition) is 4. The van der Waals surface area contributed by atoms with Gasteiger partial charge in [-0.05, 0) is 36.6 Å². The number of halogens is 1. The summed E-state index contributed by atoms with van der Waals surface area (Å²) in [6.45, 7) is 0.572. The summed E-state index contributed by atoms with van der Waals surface area (Å²) < 4.78 is 1.68. The number of carbonyl (C=O) groups is 1. The molecule has 0 unspecified atom stereocenters. The standard InChI is InChI=1S/C17H16ClN5O/c18-13-5-2-1-4-12(13)10-19-14-6-3-7-15-20-17(22-23(14)15)21-16(24)11-8-9-11/h1-7,11,19H,8-10H2,(H,21,22,24). The number of nitrogens with one attached hydrogen (secondary N) is 2. The van der Waals surface area contributed by atoms with Gasteiger partial charge in [0.1, 0.15) is 5.82 Å². The maximum Gasteiger partial charge on any atom is 0.249 e. The molecular formula is C17H16ClN5O. The molecule has 0 atom stereocenters. The predicted octanol–water partition coefficient (Wildman–Crippen LogP) is 3.34. The average molecular weight is 342 g/mol. The number of benzene rings is 1. The van der Waals surface area contributed by atoms with Crippen molar-refractivity contribution in [2.45, 2.75) is 19.4 Å². The van der Waals surface area contributed by atoms with Crippen LogP contribution in [-0.2, 0) is 11.3 Å². The molecule has 122 valence electrons. The van der Waals surface area contributed by atoms with Gasteiger partial charge in [0.2, 0.25) is 11.9 Å². The second-order valence-corrected chi connectivity index (χ2v) is 6.23. The van der Waals surface area contributed by atoms with Crippen LogP contribution < -0.4 is 10.6 Å². The molecule has 1 aliphatic carbocycles. The molecular weight excluding hydrogens is 326 g/mol. The second-order valence-electron chi connectivity index (χ2n) is 5.82. The van der Waals surface area contributed by atoms with E-state index in [0.29, 0.717) is 23.2 Å². The van der Waals surface area contributed by atoms with Crippen LogP contribution in [0.4, 0.5) is 11.8 Å². The highest BCUT2D eigenvalue weighted by molar-refractivity contribution is 6.31. The Kier molecular flexibility index (Phi) is 3.82.